The van der Waals surface area contributed by atoms with Gasteiger partial charge in [-0.2, -0.15) is 0 Å². The molecule has 2 rings (SSSR count). The first-order valence-electron chi connectivity index (χ1n) is 5.98. The standard InChI is InChI=1S/C12H16ClN3O2/c13-10-2-1-3-11(15-10)18-9-6-4-8(5-7-9)12(17)16-14/h1-3,8-9H,4-7,14H2,(H,16,17). The minimum Gasteiger partial charge on any atom is -0.474 e. The van der Waals surface area contributed by atoms with Crippen LogP contribution in [0.1, 0.15) is 25.7 Å². The number of hydrogen-bond acceptors (Lipinski definition) is 4. The Bertz CT molecular complexity index is 420. The van der Waals surface area contributed by atoms with Crippen molar-refractivity contribution in [2.45, 2.75) is 31.8 Å². The van der Waals surface area contributed by atoms with E-state index in [1.165, 1.54) is 0 Å². The summed E-state index contributed by atoms with van der Waals surface area (Å²) >= 11 is 5.79. The van der Waals surface area contributed by atoms with Crippen LogP contribution in [-0.4, -0.2) is 17.0 Å². The van der Waals surface area contributed by atoms with Gasteiger partial charge in [-0.1, -0.05) is 17.7 Å². The number of ether oxygens (including phenoxy) is 1. The first kappa shape index (κ1) is 13.1. The summed E-state index contributed by atoms with van der Waals surface area (Å²) in [6, 6.07) is 5.29. The van der Waals surface area contributed by atoms with E-state index in [4.69, 9.17) is 22.2 Å². The van der Waals surface area contributed by atoms with Gasteiger partial charge in [0.15, 0.2) is 0 Å². The van der Waals surface area contributed by atoms with E-state index in [2.05, 4.69) is 10.4 Å². The topological polar surface area (TPSA) is 77.2 Å². The van der Waals surface area contributed by atoms with Crippen LogP contribution in [0.3, 0.4) is 0 Å². The van der Waals surface area contributed by atoms with E-state index in [0.29, 0.717) is 11.0 Å². The van der Waals surface area contributed by atoms with Crippen LogP contribution in [0.4, 0.5) is 0 Å². The third-order valence-corrected chi connectivity index (χ3v) is 3.37. The molecule has 0 atom stereocenters. The van der Waals surface area contributed by atoms with Gasteiger partial charge < -0.3 is 4.74 Å². The van der Waals surface area contributed by atoms with E-state index in [1.54, 1.807) is 18.2 Å². The number of nitrogens with zero attached hydrogens (tertiary/aromatic N) is 1. The van der Waals surface area contributed by atoms with Crippen molar-refractivity contribution in [2.75, 3.05) is 0 Å². The lowest BCUT2D eigenvalue weighted by molar-refractivity contribution is -0.126. The van der Waals surface area contributed by atoms with Gasteiger partial charge >= 0.3 is 0 Å². The molecule has 1 aliphatic carbocycles. The summed E-state index contributed by atoms with van der Waals surface area (Å²) in [5.41, 5.74) is 2.20. The fraction of sp³-hybridized carbons (Fsp3) is 0.500. The van der Waals surface area contributed by atoms with Gasteiger partial charge in [0.1, 0.15) is 11.3 Å². The summed E-state index contributed by atoms with van der Waals surface area (Å²) < 4.78 is 5.74. The normalized spacial score (nSPS) is 23.4. The van der Waals surface area contributed by atoms with Crippen molar-refractivity contribution in [2.24, 2.45) is 11.8 Å². The highest BCUT2D eigenvalue weighted by molar-refractivity contribution is 6.29. The summed E-state index contributed by atoms with van der Waals surface area (Å²) in [6.45, 7) is 0. The fourth-order valence-electron chi connectivity index (χ4n) is 2.19. The highest BCUT2D eigenvalue weighted by atomic mass is 35.5. The third-order valence-electron chi connectivity index (χ3n) is 3.16. The molecule has 0 bridgehead atoms. The second kappa shape index (κ2) is 6.02. The molecular weight excluding hydrogens is 254 g/mol. The molecule has 0 saturated heterocycles. The third kappa shape index (κ3) is 3.34. The maximum Gasteiger partial charge on any atom is 0.236 e. The van der Waals surface area contributed by atoms with Gasteiger partial charge in [-0.25, -0.2) is 10.8 Å². The summed E-state index contributed by atoms with van der Waals surface area (Å²) in [5.74, 6) is 5.57. The lowest BCUT2D eigenvalue weighted by Gasteiger charge is -2.27. The van der Waals surface area contributed by atoms with E-state index < -0.39 is 0 Å². The molecule has 0 radical (unpaired) electrons. The van der Waals surface area contributed by atoms with Crippen LogP contribution in [0.5, 0.6) is 5.88 Å². The average molecular weight is 270 g/mol. The maximum absolute atomic E-state index is 11.4. The Balaban J connectivity index is 1.85. The van der Waals surface area contributed by atoms with Gasteiger partial charge in [-0.3, -0.25) is 10.2 Å². The molecule has 1 aromatic heterocycles. The molecular formula is C12H16ClN3O2. The van der Waals surface area contributed by atoms with Crippen LogP contribution in [0.25, 0.3) is 0 Å². The highest BCUT2D eigenvalue weighted by Crippen LogP contribution is 2.27. The van der Waals surface area contributed by atoms with Crippen molar-refractivity contribution < 1.29 is 9.53 Å². The number of pyridine rings is 1. The van der Waals surface area contributed by atoms with E-state index in [0.717, 1.165) is 25.7 Å². The molecule has 1 amide bonds. The maximum atomic E-state index is 11.4. The van der Waals surface area contributed by atoms with Gasteiger partial charge in [-0.05, 0) is 31.7 Å². The number of nitrogens with one attached hydrogen (secondary N) is 1. The molecule has 3 N–H and O–H groups in total. The Labute approximate surface area is 111 Å². The zero-order valence-electron chi connectivity index (χ0n) is 9.93. The Morgan fingerprint density at radius 3 is 2.72 bits per heavy atom. The average Bonchev–Trinajstić information content (AvgIpc) is 2.39. The zero-order valence-corrected chi connectivity index (χ0v) is 10.7. The monoisotopic (exact) mass is 269 g/mol. The minimum atomic E-state index is -0.0886. The molecule has 0 aliphatic heterocycles. The minimum absolute atomic E-state index is 0.00201. The quantitative estimate of drug-likeness (QED) is 0.379. The number of aromatic nitrogens is 1. The summed E-state index contributed by atoms with van der Waals surface area (Å²) in [5, 5.41) is 0.420. The van der Waals surface area contributed by atoms with Crippen LogP contribution in [-0.2, 0) is 4.79 Å². The Kier molecular flexibility index (Phi) is 4.38. The molecule has 18 heavy (non-hydrogen) atoms. The number of carbonyl (C=O) groups excluding carboxylic acids is 1. The molecule has 0 spiro atoms. The first-order valence-corrected chi connectivity index (χ1v) is 6.36. The van der Waals surface area contributed by atoms with Crippen LogP contribution in [0.15, 0.2) is 18.2 Å². The Morgan fingerprint density at radius 1 is 1.39 bits per heavy atom. The number of halogens is 1. The number of hydrazine groups is 1. The predicted molar refractivity (Wildman–Crippen MR) is 68.0 cm³/mol. The smallest absolute Gasteiger partial charge is 0.236 e. The van der Waals surface area contributed by atoms with Crippen LogP contribution in [0.2, 0.25) is 5.15 Å². The van der Waals surface area contributed by atoms with Crippen molar-refractivity contribution in [1.29, 1.82) is 0 Å². The van der Waals surface area contributed by atoms with Gasteiger partial charge in [0.2, 0.25) is 11.8 Å². The van der Waals surface area contributed by atoms with E-state index >= 15 is 0 Å². The molecule has 1 aromatic rings. The van der Waals surface area contributed by atoms with Gasteiger partial charge in [-0.15, -0.1) is 0 Å². The van der Waals surface area contributed by atoms with Crippen molar-refractivity contribution in [3.63, 3.8) is 0 Å². The second-order valence-corrected chi connectivity index (χ2v) is 4.79. The lowest BCUT2D eigenvalue weighted by atomic mass is 9.87. The second-order valence-electron chi connectivity index (χ2n) is 4.40. The van der Waals surface area contributed by atoms with Gasteiger partial charge in [0.25, 0.3) is 0 Å². The van der Waals surface area contributed by atoms with Crippen molar-refractivity contribution in [3.05, 3.63) is 23.4 Å². The van der Waals surface area contributed by atoms with E-state index in [9.17, 15) is 4.79 Å². The fourth-order valence-corrected chi connectivity index (χ4v) is 2.34. The van der Waals surface area contributed by atoms with Gasteiger partial charge in [0, 0.05) is 12.0 Å². The SMILES string of the molecule is NNC(=O)C1CCC(Oc2cccc(Cl)n2)CC1. The molecule has 1 fully saturated rings. The summed E-state index contributed by atoms with van der Waals surface area (Å²) in [4.78, 5) is 15.5. The van der Waals surface area contributed by atoms with Crippen molar-refractivity contribution >= 4 is 17.5 Å². The molecule has 98 valence electrons. The highest BCUT2D eigenvalue weighted by Gasteiger charge is 2.26. The molecule has 1 saturated carbocycles. The molecule has 6 heteroatoms. The lowest BCUT2D eigenvalue weighted by Crippen LogP contribution is -2.38. The largest absolute Gasteiger partial charge is 0.474 e. The summed E-state index contributed by atoms with van der Waals surface area (Å²) in [7, 11) is 0. The zero-order chi connectivity index (χ0) is 13.0. The predicted octanol–water partition coefficient (Wildman–Crippen LogP) is 1.66. The van der Waals surface area contributed by atoms with Crippen LogP contribution >= 0.6 is 11.6 Å². The summed E-state index contributed by atoms with van der Waals surface area (Å²) in [6.07, 6.45) is 3.32. The molecule has 0 aromatic carbocycles. The molecule has 1 heterocycles. The molecule has 1 aliphatic rings. The van der Waals surface area contributed by atoms with E-state index in [-0.39, 0.29) is 17.9 Å². The number of hydrogen-bond donors (Lipinski definition) is 2. The Hall–Kier alpha value is -1.33. The molecule has 0 unspecified atom stereocenters. The first-order chi connectivity index (χ1) is 8.69. The Morgan fingerprint density at radius 2 is 2.11 bits per heavy atom. The van der Waals surface area contributed by atoms with Crippen molar-refractivity contribution in [3.8, 4) is 5.88 Å². The number of nitrogens with two attached hydrogens (primary N) is 1. The number of carbonyl (C=O) groups is 1. The van der Waals surface area contributed by atoms with Crippen LogP contribution in [0, 0.1) is 5.92 Å². The van der Waals surface area contributed by atoms with Crippen molar-refractivity contribution in [1.82, 2.24) is 10.4 Å². The number of rotatable bonds is 3. The molecule has 5 nitrogen and oxygen atoms in total. The van der Waals surface area contributed by atoms with E-state index in [1.807, 2.05) is 0 Å². The van der Waals surface area contributed by atoms with Gasteiger partial charge in [0.05, 0.1) is 0 Å². The number of amides is 1. The van der Waals surface area contributed by atoms with Crippen LogP contribution < -0.4 is 16.0 Å².